The quantitative estimate of drug-likeness (QED) is 0.220. The van der Waals surface area contributed by atoms with Gasteiger partial charge in [-0.3, -0.25) is 4.79 Å². The summed E-state index contributed by atoms with van der Waals surface area (Å²) in [6.07, 6.45) is 9.50. The lowest BCUT2D eigenvalue weighted by molar-refractivity contribution is -0.00256. The van der Waals surface area contributed by atoms with Gasteiger partial charge in [-0.15, -0.1) is 0 Å². The van der Waals surface area contributed by atoms with Gasteiger partial charge in [0.05, 0.1) is 0 Å². The molecular weight excluding hydrogens is 583 g/mol. The van der Waals surface area contributed by atoms with Crippen molar-refractivity contribution in [3.63, 3.8) is 0 Å². The summed E-state index contributed by atoms with van der Waals surface area (Å²) in [4.78, 5) is 32.8. The van der Waals surface area contributed by atoms with E-state index in [4.69, 9.17) is 9.47 Å². The molecule has 9 nitrogen and oxygen atoms in total. The van der Waals surface area contributed by atoms with E-state index in [1.807, 2.05) is 31.7 Å². The van der Waals surface area contributed by atoms with Crippen molar-refractivity contribution in [2.24, 2.45) is 0 Å². The monoisotopic (exact) mass is 633 g/mol. The Morgan fingerprint density at radius 3 is 2.44 bits per heavy atom. The number of hydrogen-bond donors (Lipinski definition) is 1. The standard InChI is InChI=1S/C35H51N5O4Si/c1-24-18-28(19-25(2)40(24)34(42)44-35(3,4)5)27-14-15-31(30(20-27)26-12-10-9-11-13-26)38-33(41)32-37-29(21-36)22-39(32)23-43-16-17-45(6,7)8/h12,14-15,20,22,24-25,28H,9-11,13,16-19,23H2,1-8H3,(H,38,41). The second-order valence-electron chi connectivity index (χ2n) is 14.9. The van der Waals surface area contributed by atoms with Crippen LogP contribution < -0.4 is 5.32 Å². The summed E-state index contributed by atoms with van der Waals surface area (Å²) >= 11 is 0. The first kappa shape index (κ1) is 34.5. The van der Waals surface area contributed by atoms with Crippen LogP contribution in [0.3, 0.4) is 0 Å². The molecule has 2 atom stereocenters. The number of amides is 2. The number of imidazole rings is 1. The molecule has 10 heteroatoms. The van der Waals surface area contributed by atoms with Crippen molar-refractivity contribution in [1.29, 1.82) is 5.26 Å². The van der Waals surface area contributed by atoms with Crippen LogP contribution in [0.15, 0.2) is 30.5 Å². The van der Waals surface area contributed by atoms with E-state index < -0.39 is 13.7 Å². The number of nitrogens with one attached hydrogen (secondary N) is 1. The van der Waals surface area contributed by atoms with Crippen molar-refractivity contribution in [3.8, 4) is 6.07 Å². The number of benzene rings is 1. The van der Waals surface area contributed by atoms with Gasteiger partial charge in [0.2, 0.25) is 5.82 Å². The molecule has 2 aliphatic rings. The zero-order valence-electron chi connectivity index (χ0n) is 28.4. The average Bonchev–Trinajstić information content (AvgIpc) is 3.37. The van der Waals surface area contributed by atoms with Crippen molar-refractivity contribution in [3.05, 3.63) is 53.1 Å². The molecule has 0 saturated carbocycles. The smallest absolute Gasteiger partial charge is 0.410 e. The summed E-state index contributed by atoms with van der Waals surface area (Å²) in [5, 5.41) is 12.6. The SMILES string of the molecule is CC1CC(c2ccc(NC(=O)c3nc(C#N)cn3COCC[Si](C)(C)C)c(C3=CCCCC3)c2)CC(C)N1C(=O)OC(C)(C)C. The molecule has 0 radical (unpaired) electrons. The van der Waals surface area contributed by atoms with Crippen LogP contribution in [0.2, 0.25) is 25.7 Å². The number of rotatable bonds is 9. The first-order chi connectivity index (χ1) is 21.1. The van der Waals surface area contributed by atoms with Crippen LogP contribution in [0.5, 0.6) is 0 Å². The first-order valence-electron chi connectivity index (χ1n) is 16.4. The Balaban J connectivity index is 1.56. The zero-order valence-corrected chi connectivity index (χ0v) is 29.4. The van der Waals surface area contributed by atoms with Crippen LogP contribution in [0.25, 0.3) is 5.57 Å². The molecule has 45 heavy (non-hydrogen) atoms. The molecule has 0 bridgehead atoms. The first-order valence-corrected chi connectivity index (χ1v) is 20.1. The van der Waals surface area contributed by atoms with Gasteiger partial charge in [-0.2, -0.15) is 5.26 Å². The van der Waals surface area contributed by atoms with Crippen molar-refractivity contribution in [1.82, 2.24) is 14.5 Å². The van der Waals surface area contributed by atoms with Gasteiger partial charge in [0.15, 0.2) is 5.69 Å². The molecule has 1 saturated heterocycles. The second-order valence-corrected chi connectivity index (χ2v) is 20.5. The van der Waals surface area contributed by atoms with E-state index in [1.165, 1.54) is 11.1 Å². The van der Waals surface area contributed by atoms with E-state index in [0.29, 0.717) is 6.61 Å². The fourth-order valence-electron chi connectivity index (χ4n) is 6.27. The predicted octanol–water partition coefficient (Wildman–Crippen LogP) is 8.17. The minimum Gasteiger partial charge on any atom is -0.444 e. The number of allylic oxidation sites excluding steroid dienone is 2. The topological polar surface area (TPSA) is 109 Å². The fourth-order valence-corrected chi connectivity index (χ4v) is 7.03. The molecule has 2 aromatic rings. The van der Waals surface area contributed by atoms with E-state index in [9.17, 15) is 14.9 Å². The number of nitrogens with zero attached hydrogens (tertiary/aromatic N) is 4. The van der Waals surface area contributed by atoms with Crippen LogP contribution in [0.4, 0.5) is 10.5 Å². The van der Waals surface area contributed by atoms with Gasteiger partial charge in [-0.05, 0) is 108 Å². The van der Waals surface area contributed by atoms with Gasteiger partial charge in [0.25, 0.3) is 5.91 Å². The molecule has 0 spiro atoms. The van der Waals surface area contributed by atoms with E-state index in [0.717, 1.165) is 55.8 Å². The molecule has 4 rings (SSSR count). The van der Waals surface area contributed by atoms with E-state index in [-0.39, 0.29) is 48.3 Å². The van der Waals surface area contributed by atoms with Gasteiger partial charge in [-0.25, -0.2) is 9.78 Å². The lowest BCUT2D eigenvalue weighted by atomic mass is 9.81. The molecular formula is C35H51N5O4Si. The van der Waals surface area contributed by atoms with E-state index >= 15 is 0 Å². The van der Waals surface area contributed by atoms with Crippen molar-refractivity contribution in [2.75, 3.05) is 11.9 Å². The summed E-state index contributed by atoms with van der Waals surface area (Å²) in [5.74, 6) is 0.0553. The van der Waals surface area contributed by atoms with Crippen molar-refractivity contribution in [2.45, 2.75) is 129 Å². The molecule has 1 aromatic heterocycles. The number of anilines is 1. The lowest BCUT2D eigenvalue weighted by Gasteiger charge is -2.43. The third-order valence-electron chi connectivity index (χ3n) is 8.53. The van der Waals surface area contributed by atoms with Gasteiger partial charge in [0.1, 0.15) is 18.4 Å². The van der Waals surface area contributed by atoms with E-state index in [2.05, 4.69) is 68.1 Å². The van der Waals surface area contributed by atoms with Gasteiger partial charge >= 0.3 is 6.09 Å². The molecule has 2 unspecified atom stereocenters. The molecule has 1 aromatic carbocycles. The van der Waals surface area contributed by atoms with Crippen LogP contribution in [-0.4, -0.2) is 58.8 Å². The molecule has 1 fully saturated rings. The number of carbonyl (C=O) groups is 2. The molecule has 2 amide bonds. The van der Waals surface area contributed by atoms with Crippen LogP contribution in [0.1, 0.15) is 107 Å². The maximum atomic E-state index is 13.6. The Bertz CT molecular complexity index is 1430. The van der Waals surface area contributed by atoms with Crippen molar-refractivity contribution >= 4 is 31.3 Å². The Morgan fingerprint density at radius 1 is 1.13 bits per heavy atom. The lowest BCUT2D eigenvalue weighted by Crippen LogP contribution is -2.51. The van der Waals surface area contributed by atoms with Gasteiger partial charge < -0.3 is 24.3 Å². The summed E-state index contributed by atoms with van der Waals surface area (Å²) in [6.45, 7) is 17.5. The third-order valence-corrected chi connectivity index (χ3v) is 10.2. The minimum atomic E-state index is -1.26. The number of piperidine rings is 1. The number of nitriles is 1. The van der Waals surface area contributed by atoms with Crippen molar-refractivity contribution < 1.29 is 19.1 Å². The Labute approximate surface area is 270 Å². The Kier molecular flexibility index (Phi) is 11.0. The van der Waals surface area contributed by atoms with Crippen LogP contribution >= 0.6 is 0 Å². The molecule has 244 valence electrons. The number of hydrogen-bond acceptors (Lipinski definition) is 6. The number of likely N-dealkylation sites (tertiary alicyclic amines) is 1. The summed E-state index contributed by atoms with van der Waals surface area (Å²) in [5.41, 5.74) is 3.85. The van der Waals surface area contributed by atoms with Gasteiger partial charge in [-0.1, -0.05) is 31.8 Å². The minimum absolute atomic E-state index is 0.0338. The summed E-state index contributed by atoms with van der Waals surface area (Å²) in [6, 6.07) is 9.46. The van der Waals surface area contributed by atoms with Gasteiger partial charge in [0, 0.05) is 44.2 Å². The maximum absolute atomic E-state index is 13.6. The second kappa shape index (κ2) is 14.3. The third kappa shape index (κ3) is 9.30. The number of ether oxygens (including phenoxy) is 2. The number of aromatic nitrogens is 2. The largest absolute Gasteiger partial charge is 0.444 e. The Morgan fingerprint density at radius 2 is 1.84 bits per heavy atom. The fraction of sp³-hybridized carbons (Fsp3) is 0.600. The van der Waals surface area contributed by atoms with E-state index in [1.54, 1.807) is 10.8 Å². The summed E-state index contributed by atoms with van der Waals surface area (Å²) in [7, 11) is -1.26. The normalized spacial score (nSPS) is 20.7. The maximum Gasteiger partial charge on any atom is 0.410 e. The molecule has 1 aliphatic heterocycles. The predicted molar refractivity (Wildman–Crippen MR) is 181 cm³/mol. The molecule has 2 heterocycles. The van der Waals surface area contributed by atoms with Crippen LogP contribution in [0, 0.1) is 11.3 Å². The highest BCUT2D eigenvalue weighted by atomic mass is 28.3. The number of carbonyl (C=O) groups excluding carboxylic acids is 2. The van der Waals surface area contributed by atoms with Crippen LogP contribution in [-0.2, 0) is 16.2 Å². The highest BCUT2D eigenvalue weighted by Gasteiger charge is 2.37. The average molecular weight is 634 g/mol. The molecule has 1 N–H and O–H groups in total. The molecule has 1 aliphatic carbocycles. The highest BCUT2D eigenvalue weighted by molar-refractivity contribution is 6.76. The Hall–Kier alpha value is -3.42. The zero-order chi connectivity index (χ0) is 32.9. The summed E-state index contributed by atoms with van der Waals surface area (Å²) < 4.78 is 13.2. The highest BCUT2D eigenvalue weighted by Crippen LogP contribution is 2.39.